The van der Waals surface area contributed by atoms with Crippen LogP contribution in [0.15, 0.2) is 64.7 Å². The molecule has 0 radical (unpaired) electrons. The van der Waals surface area contributed by atoms with Gasteiger partial charge in [-0.05, 0) is 45.8 Å². The lowest BCUT2D eigenvalue weighted by Gasteiger charge is -2.12. The molecular weight excluding hydrogens is 400 g/mol. The van der Waals surface area contributed by atoms with Crippen molar-refractivity contribution in [2.45, 2.75) is 0 Å². The van der Waals surface area contributed by atoms with Gasteiger partial charge in [0.05, 0.1) is 17.8 Å². The van der Waals surface area contributed by atoms with E-state index in [0.717, 1.165) is 5.56 Å². The van der Waals surface area contributed by atoms with Crippen LogP contribution in [0.2, 0.25) is 0 Å². The van der Waals surface area contributed by atoms with E-state index in [1.807, 2.05) is 18.2 Å². The fraction of sp³-hybridized carbons (Fsp3) is 0.158. The van der Waals surface area contributed by atoms with E-state index >= 15 is 0 Å². The Bertz CT molecular complexity index is 779. The molecule has 136 valence electrons. The average Bonchev–Trinajstić information content (AvgIpc) is 2.66. The molecule has 0 fully saturated rings. The van der Waals surface area contributed by atoms with Crippen LogP contribution in [-0.4, -0.2) is 32.4 Å². The van der Waals surface area contributed by atoms with Gasteiger partial charge >= 0.3 is 0 Å². The van der Waals surface area contributed by atoms with Gasteiger partial charge in [-0.1, -0.05) is 30.9 Å². The number of ether oxygens (including phenoxy) is 3. The normalized spacial score (nSPS) is 10.4. The SMILES string of the molecule is C=CCOc1c(Br)cc(/C=N/NC(=O)COc2ccccc2)cc1OC. The number of para-hydroxylation sites is 1. The minimum atomic E-state index is -0.359. The zero-order valence-electron chi connectivity index (χ0n) is 14.3. The third-order valence-corrected chi connectivity index (χ3v) is 3.70. The van der Waals surface area contributed by atoms with Crippen LogP contribution in [-0.2, 0) is 4.79 Å². The second kappa shape index (κ2) is 10.2. The minimum absolute atomic E-state index is 0.122. The molecule has 0 aliphatic heterocycles. The lowest BCUT2D eigenvalue weighted by Crippen LogP contribution is -2.24. The van der Waals surface area contributed by atoms with E-state index in [1.165, 1.54) is 6.21 Å². The van der Waals surface area contributed by atoms with Crippen LogP contribution in [0.5, 0.6) is 17.2 Å². The maximum absolute atomic E-state index is 11.8. The van der Waals surface area contributed by atoms with Crippen LogP contribution >= 0.6 is 15.9 Å². The molecule has 0 heterocycles. The highest BCUT2D eigenvalue weighted by Crippen LogP contribution is 2.36. The fourth-order valence-corrected chi connectivity index (χ4v) is 2.55. The third-order valence-electron chi connectivity index (χ3n) is 3.11. The van der Waals surface area contributed by atoms with Crippen molar-refractivity contribution in [1.82, 2.24) is 5.43 Å². The summed E-state index contributed by atoms with van der Waals surface area (Å²) in [6, 6.07) is 12.6. The van der Waals surface area contributed by atoms with Gasteiger partial charge < -0.3 is 14.2 Å². The number of hydrogen-bond donors (Lipinski definition) is 1. The lowest BCUT2D eigenvalue weighted by atomic mass is 10.2. The number of amides is 1. The number of hydrogen-bond acceptors (Lipinski definition) is 5. The number of nitrogens with zero attached hydrogens (tertiary/aromatic N) is 1. The number of rotatable bonds is 9. The number of carbonyl (C=O) groups is 1. The molecule has 0 aliphatic carbocycles. The summed E-state index contributed by atoms with van der Waals surface area (Å²) in [5.74, 6) is 1.38. The molecule has 0 atom stereocenters. The Morgan fingerprint density at radius 3 is 2.73 bits per heavy atom. The monoisotopic (exact) mass is 418 g/mol. The summed E-state index contributed by atoms with van der Waals surface area (Å²) in [7, 11) is 1.55. The summed E-state index contributed by atoms with van der Waals surface area (Å²) in [4.78, 5) is 11.8. The van der Waals surface area contributed by atoms with Crippen molar-refractivity contribution in [1.29, 1.82) is 0 Å². The first-order valence-corrected chi connectivity index (χ1v) is 8.54. The van der Waals surface area contributed by atoms with Gasteiger partial charge in [0.25, 0.3) is 5.91 Å². The second-order valence-electron chi connectivity index (χ2n) is 5.03. The summed E-state index contributed by atoms with van der Waals surface area (Å²) in [6.45, 7) is 3.86. The van der Waals surface area contributed by atoms with E-state index in [9.17, 15) is 4.79 Å². The Kier molecular flexibility index (Phi) is 7.70. The van der Waals surface area contributed by atoms with Gasteiger partial charge in [-0.2, -0.15) is 5.10 Å². The lowest BCUT2D eigenvalue weighted by molar-refractivity contribution is -0.123. The van der Waals surface area contributed by atoms with Gasteiger partial charge in [-0.3, -0.25) is 4.79 Å². The number of hydrazone groups is 1. The van der Waals surface area contributed by atoms with Crippen molar-refractivity contribution in [3.8, 4) is 17.2 Å². The van der Waals surface area contributed by atoms with Gasteiger partial charge in [-0.25, -0.2) is 5.43 Å². The highest BCUT2D eigenvalue weighted by molar-refractivity contribution is 9.10. The van der Waals surface area contributed by atoms with E-state index in [4.69, 9.17) is 14.2 Å². The molecule has 1 N–H and O–H groups in total. The summed E-state index contributed by atoms with van der Waals surface area (Å²) in [6.07, 6.45) is 3.15. The fourth-order valence-electron chi connectivity index (χ4n) is 1.97. The molecule has 0 unspecified atom stereocenters. The van der Waals surface area contributed by atoms with Crippen LogP contribution in [0.25, 0.3) is 0 Å². The van der Waals surface area contributed by atoms with Crippen LogP contribution in [0.1, 0.15) is 5.56 Å². The van der Waals surface area contributed by atoms with Crippen molar-refractivity contribution in [3.05, 3.63) is 65.2 Å². The first-order chi connectivity index (χ1) is 12.6. The molecule has 1 amide bonds. The Hall–Kier alpha value is -2.80. The van der Waals surface area contributed by atoms with Crippen molar-refractivity contribution in [2.24, 2.45) is 5.10 Å². The molecule has 0 saturated heterocycles. The maximum atomic E-state index is 11.8. The molecule has 0 spiro atoms. The minimum Gasteiger partial charge on any atom is -0.493 e. The van der Waals surface area contributed by atoms with E-state index in [2.05, 4.69) is 33.0 Å². The molecule has 6 nitrogen and oxygen atoms in total. The van der Waals surface area contributed by atoms with Crippen LogP contribution in [0.3, 0.4) is 0 Å². The van der Waals surface area contributed by atoms with E-state index in [1.54, 1.807) is 37.5 Å². The molecule has 0 saturated carbocycles. The topological polar surface area (TPSA) is 69.2 Å². The molecule has 2 aromatic rings. The highest BCUT2D eigenvalue weighted by atomic mass is 79.9. The Balaban J connectivity index is 1.93. The summed E-state index contributed by atoms with van der Waals surface area (Å²) in [5, 5.41) is 3.92. The number of carbonyl (C=O) groups excluding carboxylic acids is 1. The standard InChI is InChI=1S/C19H19BrN2O4/c1-3-9-25-19-16(20)10-14(11-17(19)24-2)12-21-22-18(23)13-26-15-7-5-4-6-8-15/h3-8,10-12H,1,9,13H2,2H3,(H,22,23)/b21-12+. The largest absolute Gasteiger partial charge is 0.493 e. The predicted molar refractivity (Wildman–Crippen MR) is 104 cm³/mol. The smallest absolute Gasteiger partial charge is 0.277 e. The first-order valence-electron chi connectivity index (χ1n) is 7.75. The van der Waals surface area contributed by atoms with E-state index in [0.29, 0.717) is 28.3 Å². The summed E-state index contributed by atoms with van der Waals surface area (Å²) >= 11 is 3.43. The maximum Gasteiger partial charge on any atom is 0.277 e. The quantitative estimate of drug-likeness (QED) is 0.384. The molecule has 2 aromatic carbocycles. The van der Waals surface area contributed by atoms with E-state index < -0.39 is 0 Å². The summed E-state index contributed by atoms with van der Waals surface area (Å²) in [5.41, 5.74) is 3.14. The van der Waals surface area contributed by atoms with Crippen LogP contribution in [0.4, 0.5) is 0 Å². The van der Waals surface area contributed by atoms with Crippen molar-refractivity contribution in [3.63, 3.8) is 0 Å². The number of nitrogens with one attached hydrogen (secondary N) is 1. The predicted octanol–water partition coefficient (Wildman–Crippen LogP) is 3.55. The molecule has 0 aromatic heterocycles. The third kappa shape index (κ3) is 5.93. The molecule has 2 rings (SSSR count). The van der Waals surface area contributed by atoms with Crippen LogP contribution in [0, 0.1) is 0 Å². The van der Waals surface area contributed by atoms with Gasteiger partial charge in [0, 0.05) is 0 Å². The zero-order valence-corrected chi connectivity index (χ0v) is 15.9. The number of benzene rings is 2. The van der Waals surface area contributed by atoms with Gasteiger partial charge in [-0.15, -0.1) is 0 Å². The van der Waals surface area contributed by atoms with Crippen molar-refractivity contribution < 1.29 is 19.0 Å². The number of halogens is 1. The second-order valence-corrected chi connectivity index (χ2v) is 5.88. The van der Waals surface area contributed by atoms with Gasteiger partial charge in [0.1, 0.15) is 12.4 Å². The number of methoxy groups -OCH3 is 1. The van der Waals surface area contributed by atoms with Crippen molar-refractivity contribution in [2.75, 3.05) is 20.3 Å². The molecule has 26 heavy (non-hydrogen) atoms. The molecule has 0 aliphatic rings. The highest BCUT2D eigenvalue weighted by Gasteiger charge is 2.10. The van der Waals surface area contributed by atoms with Crippen molar-refractivity contribution >= 4 is 28.1 Å². The first kappa shape index (κ1) is 19.5. The Morgan fingerprint density at radius 1 is 1.27 bits per heavy atom. The zero-order chi connectivity index (χ0) is 18.8. The van der Waals surface area contributed by atoms with Gasteiger partial charge in [0.2, 0.25) is 0 Å². The van der Waals surface area contributed by atoms with E-state index in [-0.39, 0.29) is 12.5 Å². The molecule has 7 heteroatoms. The molecule has 0 bridgehead atoms. The summed E-state index contributed by atoms with van der Waals surface area (Å²) < 4.78 is 16.9. The Morgan fingerprint density at radius 2 is 2.04 bits per heavy atom. The van der Waals surface area contributed by atoms with Gasteiger partial charge in [0.15, 0.2) is 18.1 Å². The Labute approximate surface area is 160 Å². The average molecular weight is 419 g/mol. The molecular formula is C19H19BrN2O4. The van der Waals surface area contributed by atoms with Crippen LogP contribution < -0.4 is 19.6 Å².